The highest BCUT2D eigenvalue weighted by molar-refractivity contribution is 5.94. The molecule has 0 aliphatic rings. The summed E-state index contributed by atoms with van der Waals surface area (Å²) in [6.45, 7) is 9.66. The van der Waals surface area contributed by atoms with E-state index in [-0.39, 0.29) is 12.0 Å². The van der Waals surface area contributed by atoms with Gasteiger partial charge in [-0.1, -0.05) is 23.8 Å². The number of benzene rings is 2. The number of rotatable bonds is 6. The molecule has 0 fully saturated rings. The lowest BCUT2D eigenvalue weighted by Crippen LogP contribution is -2.30. The van der Waals surface area contributed by atoms with Crippen molar-refractivity contribution >= 4 is 11.6 Å². The monoisotopic (exact) mass is 327 g/mol. The molecule has 1 N–H and O–H groups in total. The second-order valence-electron chi connectivity index (χ2n) is 6.21. The molecular weight excluding hydrogens is 302 g/mol. The third-order valence-electron chi connectivity index (χ3n) is 3.48. The zero-order chi connectivity index (χ0) is 17.7. The van der Waals surface area contributed by atoms with Gasteiger partial charge < -0.3 is 14.8 Å². The molecule has 4 nitrogen and oxygen atoms in total. The molecule has 1 atom stereocenters. The molecule has 2 rings (SSSR count). The van der Waals surface area contributed by atoms with Gasteiger partial charge in [0.05, 0.1) is 6.10 Å². The van der Waals surface area contributed by atoms with Crippen LogP contribution in [-0.4, -0.2) is 18.1 Å². The Labute approximate surface area is 143 Å². The van der Waals surface area contributed by atoms with Crippen LogP contribution in [0.15, 0.2) is 42.5 Å². The van der Waals surface area contributed by atoms with Crippen molar-refractivity contribution in [2.75, 3.05) is 5.32 Å². The van der Waals surface area contributed by atoms with E-state index >= 15 is 0 Å². The molecule has 0 aromatic heterocycles. The summed E-state index contributed by atoms with van der Waals surface area (Å²) >= 11 is 0. The Morgan fingerprint density at radius 3 is 2.42 bits per heavy atom. The number of amides is 1. The lowest BCUT2D eigenvalue weighted by molar-refractivity contribution is -0.122. The van der Waals surface area contributed by atoms with E-state index in [0.29, 0.717) is 5.69 Å². The minimum absolute atomic E-state index is 0.0859. The number of hydrogen-bond donors (Lipinski definition) is 1. The van der Waals surface area contributed by atoms with Gasteiger partial charge in [0.25, 0.3) is 5.91 Å². The topological polar surface area (TPSA) is 47.6 Å². The van der Waals surface area contributed by atoms with Crippen molar-refractivity contribution in [1.29, 1.82) is 0 Å². The maximum atomic E-state index is 12.4. The van der Waals surface area contributed by atoms with E-state index in [1.54, 1.807) is 6.92 Å². The van der Waals surface area contributed by atoms with Gasteiger partial charge in [-0.2, -0.15) is 0 Å². The van der Waals surface area contributed by atoms with Gasteiger partial charge >= 0.3 is 0 Å². The first-order chi connectivity index (χ1) is 11.3. The Kier molecular flexibility index (Phi) is 5.85. The average Bonchev–Trinajstić information content (AvgIpc) is 2.49. The molecule has 0 bridgehead atoms. The van der Waals surface area contributed by atoms with E-state index in [2.05, 4.69) is 5.32 Å². The summed E-state index contributed by atoms with van der Waals surface area (Å²) in [5.41, 5.74) is 2.87. The van der Waals surface area contributed by atoms with E-state index < -0.39 is 6.10 Å². The second-order valence-corrected chi connectivity index (χ2v) is 6.21. The minimum Gasteiger partial charge on any atom is -0.491 e. The predicted octanol–water partition coefficient (Wildman–Crippen LogP) is 4.50. The Morgan fingerprint density at radius 1 is 1.00 bits per heavy atom. The Morgan fingerprint density at radius 2 is 1.75 bits per heavy atom. The number of carbonyl (C=O) groups is 1. The zero-order valence-corrected chi connectivity index (χ0v) is 14.9. The highest BCUT2D eigenvalue weighted by Crippen LogP contribution is 2.22. The highest BCUT2D eigenvalue weighted by Gasteiger charge is 2.16. The summed E-state index contributed by atoms with van der Waals surface area (Å²) in [6, 6.07) is 13.3. The normalized spacial score (nSPS) is 11.9. The molecule has 0 aliphatic heterocycles. The standard InChI is InChI=1S/C20H25NO3/c1-13(2)23-18-8-6-7-17(12-18)21-20(22)16(5)24-19-10-9-14(3)11-15(19)4/h6-13,16H,1-5H3,(H,21,22)/t16-/m1/s1. The molecule has 0 radical (unpaired) electrons. The van der Waals surface area contributed by atoms with Crippen molar-refractivity contribution in [1.82, 2.24) is 0 Å². The molecule has 0 heterocycles. The first kappa shape index (κ1) is 17.9. The van der Waals surface area contributed by atoms with E-state index in [9.17, 15) is 4.79 Å². The number of hydrogen-bond acceptors (Lipinski definition) is 3. The molecule has 2 aromatic rings. The van der Waals surface area contributed by atoms with Gasteiger partial charge in [0.15, 0.2) is 6.10 Å². The van der Waals surface area contributed by atoms with E-state index in [1.165, 1.54) is 5.56 Å². The number of ether oxygens (including phenoxy) is 2. The largest absolute Gasteiger partial charge is 0.491 e. The van der Waals surface area contributed by atoms with Gasteiger partial charge in [-0.05, 0) is 58.4 Å². The van der Waals surface area contributed by atoms with Crippen LogP contribution in [0.3, 0.4) is 0 Å². The van der Waals surface area contributed by atoms with Crippen LogP contribution in [0, 0.1) is 13.8 Å². The third kappa shape index (κ3) is 5.01. The predicted molar refractivity (Wildman–Crippen MR) is 96.8 cm³/mol. The fraction of sp³-hybridized carbons (Fsp3) is 0.350. The SMILES string of the molecule is Cc1ccc(O[C@H](C)C(=O)Nc2cccc(OC(C)C)c2)c(C)c1. The zero-order valence-electron chi connectivity index (χ0n) is 14.9. The average molecular weight is 327 g/mol. The molecule has 4 heteroatoms. The van der Waals surface area contributed by atoms with Crippen molar-refractivity contribution in [3.05, 3.63) is 53.6 Å². The maximum absolute atomic E-state index is 12.4. The Bertz CT molecular complexity index is 710. The van der Waals surface area contributed by atoms with Gasteiger partial charge in [0, 0.05) is 11.8 Å². The molecule has 0 aliphatic carbocycles. The summed E-state index contributed by atoms with van der Waals surface area (Å²) < 4.78 is 11.4. The van der Waals surface area contributed by atoms with Crippen LogP contribution in [0.4, 0.5) is 5.69 Å². The number of aryl methyl sites for hydroxylation is 2. The molecule has 1 amide bonds. The van der Waals surface area contributed by atoms with Crippen molar-refractivity contribution in [2.24, 2.45) is 0 Å². The van der Waals surface area contributed by atoms with Crippen LogP contribution in [0.1, 0.15) is 31.9 Å². The fourth-order valence-corrected chi connectivity index (χ4v) is 2.34. The molecule has 128 valence electrons. The summed E-state index contributed by atoms with van der Waals surface area (Å²) in [5, 5.41) is 2.86. The first-order valence-electron chi connectivity index (χ1n) is 8.16. The van der Waals surface area contributed by atoms with Gasteiger partial charge in [-0.3, -0.25) is 4.79 Å². The smallest absolute Gasteiger partial charge is 0.265 e. The van der Waals surface area contributed by atoms with Crippen molar-refractivity contribution < 1.29 is 14.3 Å². The number of carbonyl (C=O) groups excluding carboxylic acids is 1. The van der Waals surface area contributed by atoms with Gasteiger partial charge in [-0.25, -0.2) is 0 Å². The summed E-state index contributed by atoms with van der Waals surface area (Å²) in [4.78, 5) is 12.4. The summed E-state index contributed by atoms with van der Waals surface area (Å²) in [7, 11) is 0. The third-order valence-corrected chi connectivity index (χ3v) is 3.48. The van der Waals surface area contributed by atoms with Crippen molar-refractivity contribution in [2.45, 2.75) is 46.8 Å². The van der Waals surface area contributed by atoms with Crippen molar-refractivity contribution in [3.63, 3.8) is 0 Å². The van der Waals surface area contributed by atoms with Crippen LogP contribution < -0.4 is 14.8 Å². The van der Waals surface area contributed by atoms with Gasteiger partial charge in [-0.15, -0.1) is 0 Å². The quantitative estimate of drug-likeness (QED) is 0.850. The van der Waals surface area contributed by atoms with Gasteiger partial charge in [0.1, 0.15) is 11.5 Å². The lowest BCUT2D eigenvalue weighted by atomic mass is 10.1. The van der Waals surface area contributed by atoms with Crippen LogP contribution in [0.2, 0.25) is 0 Å². The molecule has 0 spiro atoms. The van der Waals surface area contributed by atoms with E-state index in [4.69, 9.17) is 9.47 Å². The fourth-order valence-electron chi connectivity index (χ4n) is 2.34. The molecule has 0 unspecified atom stereocenters. The van der Waals surface area contributed by atoms with Crippen LogP contribution in [0.5, 0.6) is 11.5 Å². The molecule has 0 saturated heterocycles. The van der Waals surface area contributed by atoms with E-state index in [1.807, 2.05) is 70.2 Å². The molecular formula is C20H25NO3. The molecule has 24 heavy (non-hydrogen) atoms. The minimum atomic E-state index is -0.596. The van der Waals surface area contributed by atoms with Crippen LogP contribution in [-0.2, 0) is 4.79 Å². The van der Waals surface area contributed by atoms with Crippen LogP contribution >= 0.6 is 0 Å². The summed E-state index contributed by atoms with van der Waals surface area (Å²) in [5.74, 6) is 1.25. The molecule has 0 saturated carbocycles. The second kappa shape index (κ2) is 7.86. The number of nitrogens with one attached hydrogen (secondary N) is 1. The van der Waals surface area contributed by atoms with Gasteiger partial charge in [0.2, 0.25) is 0 Å². The maximum Gasteiger partial charge on any atom is 0.265 e. The first-order valence-corrected chi connectivity index (χ1v) is 8.16. The van der Waals surface area contributed by atoms with Crippen LogP contribution in [0.25, 0.3) is 0 Å². The number of anilines is 1. The van der Waals surface area contributed by atoms with E-state index in [0.717, 1.165) is 17.1 Å². The lowest BCUT2D eigenvalue weighted by Gasteiger charge is -2.17. The molecule has 2 aromatic carbocycles. The Balaban J connectivity index is 2.01. The Hall–Kier alpha value is -2.49. The summed E-state index contributed by atoms with van der Waals surface area (Å²) in [6.07, 6.45) is -0.510. The van der Waals surface area contributed by atoms with Crippen molar-refractivity contribution in [3.8, 4) is 11.5 Å². The highest BCUT2D eigenvalue weighted by atomic mass is 16.5.